The van der Waals surface area contributed by atoms with Gasteiger partial charge in [0.15, 0.2) is 5.78 Å². The Kier molecular flexibility index (Phi) is 5.69. The molecule has 5 nitrogen and oxygen atoms in total. The van der Waals surface area contributed by atoms with Crippen LogP contribution in [0.25, 0.3) is 6.08 Å². The number of halogens is 1. The molecule has 2 aliphatic rings. The van der Waals surface area contributed by atoms with Crippen LogP contribution < -0.4 is 10.2 Å². The van der Waals surface area contributed by atoms with E-state index >= 15 is 0 Å². The molecule has 0 unspecified atom stereocenters. The fourth-order valence-electron chi connectivity index (χ4n) is 3.81. The zero-order valence-corrected chi connectivity index (χ0v) is 17.2. The van der Waals surface area contributed by atoms with Crippen molar-refractivity contribution >= 4 is 40.7 Å². The molecule has 1 heterocycles. The van der Waals surface area contributed by atoms with E-state index in [4.69, 9.17) is 11.6 Å². The molecule has 6 heteroatoms. The number of aryl methyl sites for hydroxylation is 1. The highest BCUT2D eigenvalue weighted by Gasteiger charge is 2.20. The van der Waals surface area contributed by atoms with Gasteiger partial charge >= 0.3 is 0 Å². The third-order valence-electron chi connectivity index (χ3n) is 5.49. The molecule has 1 amide bonds. The lowest BCUT2D eigenvalue weighted by molar-refractivity contribution is -0.117. The van der Waals surface area contributed by atoms with E-state index in [0.29, 0.717) is 13.0 Å². The predicted molar refractivity (Wildman–Crippen MR) is 118 cm³/mol. The number of allylic oxidation sites excluding steroid dienone is 1. The van der Waals surface area contributed by atoms with Gasteiger partial charge in [-0.1, -0.05) is 23.7 Å². The Labute approximate surface area is 175 Å². The molecule has 0 aromatic heterocycles. The Hall–Kier alpha value is -2.63. The summed E-state index contributed by atoms with van der Waals surface area (Å²) in [6.07, 6.45) is 3.83. The van der Waals surface area contributed by atoms with Crippen LogP contribution in [0, 0.1) is 6.92 Å². The second-order valence-electron chi connectivity index (χ2n) is 7.63. The Morgan fingerprint density at radius 1 is 1.07 bits per heavy atom. The highest BCUT2D eigenvalue weighted by molar-refractivity contribution is 6.31. The maximum Gasteiger partial charge on any atom is 0.238 e. The van der Waals surface area contributed by atoms with Gasteiger partial charge in [0, 0.05) is 49.0 Å². The van der Waals surface area contributed by atoms with Crippen LogP contribution in [0.15, 0.2) is 42.5 Å². The monoisotopic (exact) mass is 409 g/mol. The van der Waals surface area contributed by atoms with Crippen molar-refractivity contribution < 1.29 is 9.59 Å². The number of nitrogens with zero attached hydrogens (tertiary/aromatic N) is 2. The van der Waals surface area contributed by atoms with Gasteiger partial charge in [-0.05, 0) is 60.0 Å². The largest absolute Gasteiger partial charge is 0.369 e. The summed E-state index contributed by atoms with van der Waals surface area (Å²) < 4.78 is 0. The first kappa shape index (κ1) is 19.7. The lowest BCUT2D eigenvalue weighted by Crippen LogP contribution is -2.48. The van der Waals surface area contributed by atoms with Gasteiger partial charge in [0.1, 0.15) is 0 Å². The van der Waals surface area contributed by atoms with Crippen molar-refractivity contribution in [2.45, 2.75) is 13.3 Å². The number of carbonyl (C=O) groups is 2. The summed E-state index contributed by atoms with van der Waals surface area (Å²) in [5.74, 6) is 0.0961. The number of amides is 1. The first-order valence-electron chi connectivity index (χ1n) is 9.85. The van der Waals surface area contributed by atoms with Crippen molar-refractivity contribution in [2.75, 3.05) is 42.9 Å². The third kappa shape index (κ3) is 4.69. The zero-order chi connectivity index (χ0) is 20.4. The molecule has 1 aliphatic heterocycles. The third-order valence-corrected chi connectivity index (χ3v) is 5.91. The number of nitrogens with one attached hydrogen (secondary N) is 1. The molecule has 150 valence electrons. The van der Waals surface area contributed by atoms with E-state index in [2.05, 4.69) is 27.2 Å². The highest BCUT2D eigenvalue weighted by atomic mass is 35.5. The number of rotatable bonds is 4. The molecule has 1 fully saturated rings. The average molecular weight is 410 g/mol. The predicted octanol–water partition coefficient (Wildman–Crippen LogP) is 3.55. The number of carbonyl (C=O) groups excluding carboxylic acids is 2. The summed E-state index contributed by atoms with van der Waals surface area (Å²) in [6, 6.07) is 11.8. The van der Waals surface area contributed by atoms with E-state index in [1.807, 2.05) is 37.3 Å². The van der Waals surface area contributed by atoms with Crippen LogP contribution >= 0.6 is 11.6 Å². The smallest absolute Gasteiger partial charge is 0.238 e. The Morgan fingerprint density at radius 2 is 1.86 bits per heavy atom. The van der Waals surface area contributed by atoms with E-state index in [9.17, 15) is 9.59 Å². The number of benzene rings is 2. The Morgan fingerprint density at radius 3 is 2.62 bits per heavy atom. The van der Waals surface area contributed by atoms with Crippen molar-refractivity contribution in [1.82, 2.24) is 4.90 Å². The van der Waals surface area contributed by atoms with Gasteiger partial charge in [-0.2, -0.15) is 0 Å². The quantitative estimate of drug-likeness (QED) is 0.839. The van der Waals surface area contributed by atoms with Gasteiger partial charge in [-0.15, -0.1) is 0 Å². The van der Waals surface area contributed by atoms with E-state index < -0.39 is 0 Å². The van der Waals surface area contributed by atoms with Gasteiger partial charge in [0.25, 0.3) is 0 Å². The van der Waals surface area contributed by atoms with Crippen LogP contribution in [0.4, 0.5) is 11.4 Å². The molecule has 1 N–H and O–H groups in total. The molecule has 0 atom stereocenters. The zero-order valence-electron chi connectivity index (χ0n) is 16.5. The second-order valence-corrected chi connectivity index (χ2v) is 8.04. The number of hydrogen-bond donors (Lipinski definition) is 1. The van der Waals surface area contributed by atoms with Gasteiger partial charge in [-0.25, -0.2) is 0 Å². The minimum atomic E-state index is -0.0170. The standard InChI is InChI=1S/C23H24ClN3O2/c1-16-12-20(5-7-22(16)24)27-10-8-26(9-11-27)15-23(29)25-19-4-2-18-14-21(28)6-3-17(18)13-19/h2-7,12-13H,8-11,14-15H2,1H3,(H,25,29). The van der Waals surface area contributed by atoms with Crippen LogP contribution in [0.5, 0.6) is 0 Å². The van der Waals surface area contributed by atoms with Gasteiger partial charge in [-0.3, -0.25) is 14.5 Å². The number of hydrogen-bond acceptors (Lipinski definition) is 4. The molecular weight excluding hydrogens is 386 g/mol. The van der Waals surface area contributed by atoms with E-state index in [1.165, 1.54) is 5.69 Å². The van der Waals surface area contributed by atoms with Crippen molar-refractivity contribution in [3.63, 3.8) is 0 Å². The van der Waals surface area contributed by atoms with E-state index in [0.717, 1.165) is 53.6 Å². The summed E-state index contributed by atoms with van der Waals surface area (Å²) >= 11 is 6.12. The topological polar surface area (TPSA) is 52.6 Å². The Balaban J connectivity index is 1.30. The number of piperazine rings is 1. The van der Waals surface area contributed by atoms with Crippen LogP contribution in [0.1, 0.15) is 16.7 Å². The molecule has 0 saturated carbocycles. The summed E-state index contributed by atoms with van der Waals surface area (Å²) in [7, 11) is 0. The maximum absolute atomic E-state index is 12.5. The van der Waals surface area contributed by atoms with Crippen molar-refractivity contribution in [3.8, 4) is 0 Å². The van der Waals surface area contributed by atoms with Crippen LogP contribution in [-0.4, -0.2) is 49.3 Å². The molecule has 1 aliphatic carbocycles. The summed E-state index contributed by atoms with van der Waals surface area (Å²) in [6.45, 7) is 5.83. The van der Waals surface area contributed by atoms with E-state index in [1.54, 1.807) is 6.08 Å². The lowest BCUT2D eigenvalue weighted by Gasteiger charge is -2.36. The summed E-state index contributed by atoms with van der Waals surface area (Å²) in [5, 5.41) is 3.76. The highest BCUT2D eigenvalue weighted by Crippen LogP contribution is 2.24. The fraction of sp³-hybridized carbons (Fsp3) is 0.304. The molecule has 0 spiro atoms. The van der Waals surface area contributed by atoms with Crippen molar-refractivity contribution in [1.29, 1.82) is 0 Å². The molecular formula is C23H24ClN3O2. The van der Waals surface area contributed by atoms with Crippen molar-refractivity contribution in [2.24, 2.45) is 0 Å². The van der Waals surface area contributed by atoms with Gasteiger partial charge in [0.2, 0.25) is 5.91 Å². The number of fused-ring (bicyclic) bond motifs is 1. The molecule has 0 radical (unpaired) electrons. The summed E-state index contributed by atoms with van der Waals surface area (Å²) in [5.41, 5.74) is 5.02. The lowest BCUT2D eigenvalue weighted by atomic mass is 9.96. The number of anilines is 2. The Bertz CT molecular complexity index is 978. The molecule has 0 bridgehead atoms. The summed E-state index contributed by atoms with van der Waals surface area (Å²) in [4.78, 5) is 28.5. The first-order valence-corrected chi connectivity index (χ1v) is 10.2. The molecule has 2 aromatic carbocycles. The van der Waals surface area contributed by atoms with E-state index in [-0.39, 0.29) is 11.7 Å². The van der Waals surface area contributed by atoms with Gasteiger partial charge in [0.05, 0.1) is 6.54 Å². The molecule has 1 saturated heterocycles. The SMILES string of the molecule is Cc1cc(N2CCN(CC(=O)Nc3ccc4c(c3)C=CC(=O)C4)CC2)ccc1Cl. The van der Waals surface area contributed by atoms with Crippen LogP contribution in [0.2, 0.25) is 5.02 Å². The minimum Gasteiger partial charge on any atom is -0.369 e. The van der Waals surface area contributed by atoms with Crippen molar-refractivity contribution in [3.05, 3.63) is 64.2 Å². The molecule has 29 heavy (non-hydrogen) atoms. The van der Waals surface area contributed by atoms with Crippen LogP contribution in [-0.2, 0) is 16.0 Å². The molecule has 4 rings (SSSR count). The maximum atomic E-state index is 12.5. The van der Waals surface area contributed by atoms with Gasteiger partial charge < -0.3 is 10.2 Å². The fourth-order valence-corrected chi connectivity index (χ4v) is 3.93. The number of ketones is 1. The second kappa shape index (κ2) is 8.39. The average Bonchev–Trinajstić information content (AvgIpc) is 2.71. The molecule has 2 aromatic rings. The normalized spacial score (nSPS) is 16.6. The van der Waals surface area contributed by atoms with Crippen LogP contribution in [0.3, 0.4) is 0 Å². The first-order chi connectivity index (χ1) is 14.0. The minimum absolute atomic E-state index is 0.0170.